The molecule has 2 aromatic rings. The van der Waals surface area contributed by atoms with E-state index in [1.165, 1.54) is 16.7 Å². The molecule has 4 aliphatic rings. The summed E-state index contributed by atoms with van der Waals surface area (Å²) < 4.78 is 45.7. The van der Waals surface area contributed by atoms with Crippen molar-refractivity contribution in [2.75, 3.05) is 39.9 Å². The van der Waals surface area contributed by atoms with Gasteiger partial charge in [0, 0.05) is 31.5 Å². The molecular weight excluding hydrogens is 507 g/mol. The lowest BCUT2D eigenvalue weighted by molar-refractivity contribution is -0.136. The maximum atomic E-state index is 14.3. The highest BCUT2D eigenvalue weighted by atomic mass is 19.4. The number of piperidine rings is 1. The second kappa shape index (κ2) is 10.8. The summed E-state index contributed by atoms with van der Waals surface area (Å²) in [6, 6.07) is 1.16. The number of likely N-dealkylation sites (tertiary alicyclic amines) is 1. The van der Waals surface area contributed by atoms with E-state index in [9.17, 15) is 18.0 Å². The van der Waals surface area contributed by atoms with Crippen molar-refractivity contribution in [1.82, 2.24) is 34.9 Å². The Balaban J connectivity index is 1.31. The molecule has 6 rings (SSSR count). The molecule has 4 fully saturated rings. The van der Waals surface area contributed by atoms with Gasteiger partial charge in [0.2, 0.25) is 0 Å². The highest BCUT2D eigenvalue weighted by Gasteiger charge is 2.44. The summed E-state index contributed by atoms with van der Waals surface area (Å²) in [6.07, 6.45) is 4.68. The molecule has 2 aromatic heterocycles. The minimum Gasteiger partial charge on any atom is -0.316 e. The molecule has 1 saturated carbocycles. The molecule has 3 unspecified atom stereocenters. The van der Waals surface area contributed by atoms with Gasteiger partial charge in [-0.2, -0.15) is 13.2 Å². The van der Waals surface area contributed by atoms with E-state index in [4.69, 9.17) is 0 Å². The zero-order chi connectivity index (χ0) is 27.3. The lowest BCUT2D eigenvalue weighted by Gasteiger charge is -2.46. The van der Waals surface area contributed by atoms with Gasteiger partial charge >= 0.3 is 11.9 Å². The van der Waals surface area contributed by atoms with E-state index >= 15 is 0 Å². The number of halogens is 3. The van der Waals surface area contributed by atoms with Gasteiger partial charge < -0.3 is 5.32 Å². The zero-order valence-electron chi connectivity index (χ0n) is 23.0. The molecule has 216 valence electrons. The SMILES string of the molecule is C[C@H]1CCCN(Cc2cc(C(F)(F)F)c3cn(C4CCCC([C@@H](C5CNC5)C5NNCN5C)C4)c(=O)n3c2)C1. The highest BCUT2D eigenvalue weighted by molar-refractivity contribution is 5.56. The van der Waals surface area contributed by atoms with Gasteiger partial charge in [-0.15, -0.1) is 0 Å². The molecule has 3 saturated heterocycles. The molecule has 0 amide bonds. The molecule has 0 radical (unpaired) electrons. The van der Waals surface area contributed by atoms with E-state index in [0.717, 1.165) is 71.4 Å². The Morgan fingerprint density at radius 2 is 1.92 bits per heavy atom. The van der Waals surface area contributed by atoms with Crippen LogP contribution in [0.5, 0.6) is 0 Å². The number of aromatic nitrogens is 2. The van der Waals surface area contributed by atoms with Gasteiger partial charge in [-0.25, -0.2) is 15.6 Å². The molecule has 0 spiro atoms. The van der Waals surface area contributed by atoms with Crippen molar-refractivity contribution in [2.45, 2.75) is 70.4 Å². The van der Waals surface area contributed by atoms with Crippen LogP contribution in [0.1, 0.15) is 62.6 Å². The summed E-state index contributed by atoms with van der Waals surface area (Å²) in [7, 11) is 2.11. The van der Waals surface area contributed by atoms with Crippen molar-refractivity contribution in [3.63, 3.8) is 0 Å². The maximum absolute atomic E-state index is 14.3. The summed E-state index contributed by atoms with van der Waals surface area (Å²) in [5.41, 5.74) is 6.16. The average Bonchev–Trinajstić information content (AvgIpc) is 3.43. The highest BCUT2D eigenvalue weighted by Crippen LogP contribution is 2.42. The van der Waals surface area contributed by atoms with E-state index in [-0.39, 0.29) is 23.4 Å². The Morgan fingerprint density at radius 1 is 1.10 bits per heavy atom. The van der Waals surface area contributed by atoms with Crippen molar-refractivity contribution in [1.29, 1.82) is 0 Å². The summed E-state index contributed by atoms with van der Waals surface area (Å²) in [5, 5.41) is 3.41. The van der Waals surface area contributed by atoms with E-state index in [2.05, 4.69) is 39.9 Å². The number of hydrazine groups is 1. The largest absolute Gasteiger partial charge is 0.418 e. The number of rotatable bonds is 6. The Morgan fingerprint density at radius 3 is 2.59 bits per heavy atom. The third-order valence-electron chi connectivity index (χ3n) is 9.70. The van der Waals surface area contributed by atoms with E-state index in [1.807, 2.05) is 0 Å². The molecule has 8 nitrogen and oxygen atoms in total. The summed E-state index contributed by atoms with van der Waals surface area (Å²) >= 11 is 0. The monoisotopic (exact) mass is 549 g/mol. The number of nitrogens with zero attached hydrogens (tertiary/aromatic N) is 4. The first-order valence-corrected chi connectivity index (χ1v) is 14.6. The summed E-state index contributed by atoms with van der Waals surface area (Å²) in [5.74, 6) is 1.88. The molecule has 39 heavy (non-hydrogen) atoms. The first-order chi connectivity index (χ1) is 18.7. The molecule has 5 heterocycles. The van der Waals surface area contributed by atoms with Gasteiger partial charge in [0.15, 0.2) is 0 Å². The first kappa shape index (κ1) is 27.3. The molecule has 1 aliphatic carbocycles. The third-order valence-corrected chi connectivity index (χ3v) is 9.70. The van der Waals surface area contributed by atoms with Crippen LogP contribution in [0, 0.1) is 23.7 Å². The van der Waals surface area contributed by atoms with E-state index < -0.39 is 11.7 Å². The summed E-state index contributed by atoms with van der Waals surface area (Å²) in [6.45, 7) is 7.11. The first-order valence-electron chi connectivity index (χ1n) is 14.6. The molecule has 11 heteroatoms. The van der Waals surface area contributed by atoms with Gasteiger partial charge in [0.25, 0.3) is 0 Å². The molecule has 3 aliphatic heterocycles. The fourth-order valence-electron chi connectivity index (χ4n) is 7.69. The molecular formula is C28H42F3N7O. The lowest BCUT2D eigenvalue weighted by Crippen LogP contribution is -2.57. The molecule has 0 bridgehead atoms. The average molecular weight is 550 g/mol. The molecule has 3 N–H and O–H groups in total. The number of pyridine rings is 1. The fraction of sp³-hybridized carbons (Fsp3) is 0.750. The Kier molecular flexibility index (Phi) is 7.56. The molecule has 0 aromatic carbocycles. The van der Waals surface area contributed by atoms with Crippen molar-refractivity contribution in [3.05, 3.63) is 40.1 Å². The molecule has 5 atom stereocenters. The van der Waals surface area contributed by atoms with Crippen LogP contribution in [-0.4, -0.2) is 64.8 Å². The van der Waals surface area contributed by atoms with Crippen molar-refractivity contribution in [2.24, 2.45) is 23.7 Å². The van der Waals surface area contributed by atoms with Crippen LogP contribution in [0.15, 0.2) is 23.3 Å². The topological polar surface area (TPSA) is 69.0 Å². The summed E-state index contributed by atoms with van der Waals surface area (Å²) in [4.78, 5) is 18.2. The lowest BCUT2D eigenvalue weighted by atomic mass is 9.69. The van der Waals surface area contributed by atoms with E-state index in [1.54, 1.807) is 10.8 Å². The Labute approximate surface area is 227 Å². The van der Waals surface area contributed by atoms with Crippen LogP contribution in [0.4, 0.5) is 13.2 Å². The number of hydrogen-bond donors (Lipinski definition) is 3. The third kappa shape index (κ3) is 5.40. The van der Waals surface area contributed by atoms with Crippen LogP contribution >= 0.6 is 0 Å². The van der Waals surface area contributed by atoms with Crippen LogP contribution in [0.2, 0.25) is 0 Å². The van der Waals surface area contributed by atoms with Crippen molar-refractivity contribution in [3.8, 4) is 0 Å². The second-order valence-corrected chi connectivity index (χ2v) is 12.6. The predicted molar refractivity (Wildman–Crippen MR) is 144 cm³/mol. The number of hydrogen-bond acceptors (Lipinski definition) is 6. The van der Waals surface area contributed by atoms with E-state index in [0.29, 0.717) is 35.8 Å². The van der Waals surface area contributed by atoms with Crippen molar-refractivity contribution >= 4 is 5.52 Å². The number of fused-ring (bicyclic) bond motifs is 1. The van der Waals surface area contributed by atoms with Gasteiger partial charge in [0.1, 0.15) is 0 Å². The van der Waals surface area contributed by atoms with Gasteiger partial charge in [-0.05, 0) is 94.1 Å². The smallest absolute Gasteiger partial charge is 0.316 e. The predicted octanol–water partition coefficient (Wildman–Crippen LogP) is 3.24. The quantitative estimate of drug-likeness (QED) is 0.514. The number of imidazole rings is 1. The number of nitrogens with one attached hydrogen (secondary N) is 3. The normalized spacial score (nSPS) is 30.6. The van der Waals surface area contributed by atoms with Gasteiger partial charge in [0.05, 0.1) is 23.9 Å². The fourth-order valence-corrected chi connectivity index (χ4v) is 7.69. The standard InChI is InChI=1S/C28H42F3N7O/c1-18-5-4-8-36(13-18)14-19-9-23(28(29,30)31)24-16-37(27(39)38(24)15-19)22-7-3-6-20(10-22)25(21-11-32-12-21)26-34-33-17-35(26)2/h9,15-16,18,20-22,25-26,32-34H,3-8,10-14,17H2,1-2H3/t18-,20?,22?,25-,26?/m0/s1. The van der Waals surface area contributed by atoms with Crippen molar-refractivity contribution < 1.29 is 13.2 Å². The minimum absolute atomic E-state index is 0.0356. The van der Waals surface area contributed by atoms with Crippen LogP contribution in [0.3, 0.4) is 0 Å². The zero-order valence-corrected chi connectivity index (χ0v) is 23.0. The van der Waals surface area contributed by atoms with Crippen LogP contribution in [-0.2, 0) is 12.7 Å². The van der Waals surface area contributed by atoms with Gasteiger partial charge in [-0.1, -0.05) is 13.3 Å². The van der Waals surface area contributed by atoms with Gasteiger partial charge in [-0.3, -0.25) is 18.8 Å². The minimum atomic E-state index is -4.53. The number of alkyl halides is 3. The Hall–Kier alpha value is -1.92. The van der Waals surface area contributed by atoms with Crippen LogP contribution < -0.4 is 21.9 Å². The van der Waals surface area contributed by atoms with Crippen LogP contribution in [0.25, 0.3) is 5.52 Å². The maximum Gasteiger partial charge on any atom is 0.418 e. The second-order valence-electron chi connectivity index (χ2n) is 12.6. The Bertz CT molecular complexity index is 1220.